The van der Waals surface area contributed by atoms with E-state index in [1.807, 2.05) is 12.3 Å². The molecule has 2 aromatic heterocycles. The number of hydrogen-bond donors (Lipinski definition) is 0. The van der Waals surface area contributed by atoms with Crippen molar-refractivity contribution in [3.63, 3.8) is 0 Å². The molecule has 1 aliphatic rings. The van der Waals surface area contributed by atoms with Gasteiger partial charge in [0.1, 0.15) is 17.3 Å². The Morgan fingerprint density at radius 2 is 1.16 bits per heavy atom. The molecule has 250 valence electrons. The fourth-order valence-corrected chi connectivity index (χ4v) is 6.55. The van der Waals surface area contributed by atoms with Crippen molar-refractivity contribution in [2.24, 2.45) is 0 Å². The van der Waals surface area contributed by atoms with Gasteiger partial charge in [-0.1, -0.05) is 86.6 Å². The van der Waals surface area contributed by atoms with Crippen LogP contribution in [-0.2, 0) is 16.2 Å². The lowest BCUT2D eigenvalue weighted by Crippen LogP contribution is -2.24. The molecule has 4 aromatic carbocycles. The summed E-state index contributed by atoms with van der Waals surface area (Å²) in [6.07, 6.45) is 6.20. The molecule has 0 N–H and O–H groups in total. The highest BCUT2D eigenvalue weighted by Gasteiger charge is 2.22. The first kappa shape index (κ1) is 32.5. The third kappa shape index (κ3) is 6.42. The molecule has 0 amide bonds. The number of ether oxygens (including phenoxy) is 1. The first-order valence-electron chi connectivity index (χ1n) is 17.3. The second-order valence-corrected chi connectivity index (χ2v) is 16.4. The summed E-state index contributed by atoms with van der Waals surface area (Å²) < 4.78 is 8.87. The molecule has 0 spiro atoms. The average molecular weight is 649 g/mol. The maximum atomic E-state index is 6.59. The molecular formula is C44H48N4O. The zero-order valence-electron chi connectivity index (χ0n) is 30.4. The minimum atomic E-state index is 0.00753. The SMILES string of the molecule is CC(C)(C)c1ccc(N2C=CN(c3cccc(Oc4ccc5c6cc(C(C)(C)C)ccc6n(-c6cc(C(C)(C)C)ccn6)c5c4)c3)C2)cc1. The standard InChI is InChI=1S/C44H48N4O/c1-42(2,3)30-13-16-33(17-14-30)46-23-24-47(29-46)34-11-10-12-35(27-34)49-36-18-19-37-38-25-31(43(4,5)6)15-20-39(38)48(40(37)28-36)41-26-32(21-22-45-41)44(7,8)9/h10-28H,29H2,1-9H3. The number of pyridine rings is 1. The van der Waals surface area contributed by atoms with Crippen LogP contribution in [-0.4, -0.2) is 16.2 Å². The van der Waals surface area contributed by atoms with Gasteiger partial charge in [0, 0.05) is 52.9 Å². The van der Waals surface area contributed by atoms with E-state index in [-0.39, 0.29) is 16.2 Å². The van der Waals surface area contributed by atoms with Crippen LogP contribution >= 0.6 is 0 Å². The zero-order chi connectivity index (χ0) is 34.7. The maximum Gasteiger partial charge on any atom is 0.137 e. The van der Waals surface area contributed by atoms with Crippen molar-refractivity contribution in [1.82, 2.24) is 9.55 Å². The van der Waals surface area contributed by atoms with E-state index >= 15 is 0 Å². The molecule has 0 radical (unpaired) electrons. The number of benzene rings is 4. The van der Waals surface area contributed by atoms with Crippen LogP contribution in [0.1, 0.15) is 79.0 Å². The number of anilines is 2. The van der Waals surface area contributed by atoms with Crippen molar-refractivity contribution in [3.8, 4) is 17.3 Å². The van der Waals surface area contributed by atoms with Gasteiger partial charge in [-0.3, -0.25) is 4.57 Å². The van der Waals surface area contributed by atoms with E-state index in [2.05, 4.69) is 180 Å². The summed E-state index contributed by atoms with van der Waals surface area (Å²) in [6, 6.07) is 34.8. The van der Waals surface area contributed by atoms with Crippen LogP contribution < -0.4 is 14.5 Å². The van der Waals surface area contributed by atoms with Crippen LogP contribution in [0.3, 0.4) is 0 Å². The van der Waals surface area contributed by atoms with Crippen LogP contribution in [0.15, 0.2) is 116 Å². The Morgan fingerprint density at radius 1 is 0.531 bits per heavy atom. The van der Waals surface area contributed by atoms with E-state index in [9.17, 15) is 0 Å². The lowest BCUT2D eigenvalue weighted by atomic mass is 9.86. The topological polar surface area (TPSA) is 33.5 Å². The minimum absolute atomic E-state index is 0.00753. The number of nitrogens with zero attached hydrogens (tertiary/aromatic N) is 4. The Labute approximate surface area is 291 Å². The second kappa shape index (κ2) is 11.8. The molecule has 49 heavy (non-hydrogen) atoms. The third-order valence-electron chi connectivity index (χ3n) is 9.63. The fraction of sp³-hybridized carbons (Fsp3) is 0.295. The Hall–Kier alpha value is -5.03. The van der Waals surface area contributed by atoms with E-state index in [1.165, 1.54) is 33.2 Å². The van der Waals surface area contributed by atoms with Crippen LogP contribution in [0.25, 0.3) is 27.6 Å². The molecule has 0 fully saturated rings. The Morgan fingerprint density at radius 3 is 1.86 bits per heavy atom. The molecule has 5 nitrogen and oxygen atoms in total. The van der Waals surface area contributed by atoms with Crippen molar-refractivity contribution in [3.05, 3.63) is 132 Å². The first-order chi connectivity index (χ1) is 23.1. The molecule has 3 heterocycles. The lowest BCUT2D eigenvalue weighted by molar-refractivity contribution is 0.483. The molecule has 0 unspecified atom stereocenters. The minimum Gasteiger partial charge on any atom is -0.457 e. The van der Waals surface area contributed by atoms with Gasteiger partial charge in [0.2, 0.25) is 0 Å². The van der Waals surface area contributed by atoms with Crippen molar-refractivity contribution < 1.29 is 4.74 Å². The van der Waals surface area contributed by atoms with Crippen LogP contribution in [0.5, 0.6) is 11.5 Å². The number of hydrogen-bond acceptors (Lipinski definition) is 4. The third-order valence-corrected chi connectivity index (χ3v) is 9.63. The first-order valence-corrected chi connectivity index (χ1v) is 17.3. The van der Waals surface area contributed by atoms with E-state index in [1.54, 1.807) is 0 Å². The number of fused-ring (bicyclic) bond motifs is 3. The molecule has 5 heteroatoms. The molecule has 0 bridgehead atoms. The van der Waals surface area contributed by atoms with Gasteiger partial charge in [-0.2, -0.15) is 0 Å². The van der Waals surface area contributed by atoms with Gasteiger partial charge < -0.3 is 14.5 Å². The Balaban J connectivity index is 1.21. The molecule has 0 atom stereocenters. The van der Waals surface area contributed by atoms with E-state index in [0.29, 0.717) is 0 Å². The summed E-state index contributed by atoms with van der Waals surface area (Å²) in [5.41, 5.74) is 8.55. The summed E-state index contributed by atoms with van der Waals surface area (Å²) in [7, 11) is 0. The summed E-state index contributed by atoms with van der Waals surface area (Å²) in [4.78, 5) is 9.39. The van der Waals surface area contributed by atoms with Crippen LogP contribution in [0.2, 0.25) is 0 Å². The van der Waals surface area contributed by atoms with Crippen molar-refractivity contribution >= 4 is 33.2 Å². The normalized spacial score (nSPS) is 14.0. The van der Waals surface area contributed by atoms with Gasteiger partial charge >= 0.3 is 0 Å². The van der Waals surface area contributed by atoms with Gasteiger partial charge in [-0.25, -0.2) is 4.98 Å². The number of rotatable bonds is 5. The molecule has 0 saturated heterocycles. The highest BCUT2D eigenvalue weighted by atomic mass is 16.5. The molecular weight excluding hydrogens is 601 g/mol. The maximum absolute atomic E-state index is 6.59. The highest BCUT2D eigenvalue weighted by molar-refractivity contribution is 6.09. The van der Waals surface area contributed by atoms with Gasteiger partial charge in [-0.05, 0) is 93.6 Å². The summed E-state index contributed by atoms with van der Waals surface area (Å²) in [5, 5.41) is 2.40. The molecule has 6 aromatic rings. The fourth-order valence-electron chi connectivity index (χ4n) is 6.55. The van der Waals surface area contributed by atoms with Gasteiger partial charge in [0.15, 0.2) is 0 Å². The van der Waals surface area contributed by atoms with E-state index in [0.717, 1.165) is 40.7 Å². The van der Waals surface area contributed by atoms with Crippen LogP contribution in [0.4, 0.5) is 11.4 Å². The van der Waals surface area contributed by atoms with Crippen molar-refractivity contribution in [2.75, 3.05) is 16.5 Å². The van der Waals surface area contributed by atoms with Crippen molar-refractivity contribution in [1.29, 1.82) is 0 Å². The Kier molecular flexibility index (Phi) is 7.85. The van der Waals surface area contributed by atoms with Crippen molar-refractivity contribution in [2.45, 2.75) is 78.6 Å². The summed E-state index contributed by atoms with van der Waals surface area (Å²) in [5.74, 6) is 2.49. The largest absolute Gasteiger partial charge is 0.457 e. The molecule has 1 aliphatic heterocycles. The quantitative estimate of drug-likeness (QED) is 0.186. The van der Waals surface area contributed by atoms with Gasteiger partial charge in [0.05, 0.1) is 17.7 Å². The average Bonchev–Trinajstić information content (AvgIpc) is 3.67. The number of aromatic nitrogens is 2. The predicted molar refractivity (Wildman–Crippen MR) is 207 cm³/mol. The predicted octanol–water partition coefficient (Wildman–Crippen LogP) is 11.6. The van der Waals surface area contributed by atoms with Gasteiger partial charge in [0.25, 0.3) is 0 Å². The Bertz CT molecular complexity index is 2190. The molecule has 0 saturated carbocycles. The van der Waals surface area contributed by atoms with E-state index < -0.39 is 0 Å². The monoisotopic (exact) mass is 648 g/mol. The van der Waals surface area contributed by atoms with Crippen LogP contribution in [0, 0.1) is 0 Å². The summed E-state index contributed by atoms with van der Waals surface area (Å²) >= 11 is 0. The summed E-state index contributed by atoms with van der Waals surface area (Å²) in [6.45, 7) is 21.0. The molecule has 7 rings (SSSR count). The van der Waals surface area contributed by atoms with Gasteiger partial charge in [-0.15, -0.1) is 0 Å². The molecule has 0 aliphatic carbocycles. The second-order valence-electron chi connectivity index (χ2n) is 16.4. The lowest BCUT2D eigenvalue weighted by Gasteiger charge is -2.23. The highest BCUT2D eigenvalue weighted by Crippen LogP contribution is 2.38. The zero-order valence-corrected chi connectivity index (χ0v) is 30.4. The van der Waals surface area contributed by atoms with E-state index in [4.69, 9.17) is 9.72 Å². The smallest absolute Gasteiger partial charge is 0.137 e.